The maximum absolute atomic E-state index is 12.4. The van der Waals surface area contributed by atoms with Crippen molar-refractivity contribution in [3.63, 3.8) is 0 Å². The lowest BCUT2D eigenvalue weighted by molar-refractivity contribution is -0.117. The van der Waals surface area contributed by atoms with Gasteiger partial charge in [-0.15, -0.1) is 0 Å². The van der Waals surface area contributed by atoms with Gasteiger partial charge in [0.1, 0.15) is 0 Å². The summed E-state index contributed by atoms with van der Waals surface area (Å²) in [5.74, 6) is 0.135. The molecule has 18 heavy (non-hydrogen) atoms. The summed E-state index contributed by atoms with van der Waals surface area (Å²) in [6, 6.07) is 5.92. The Morgan fingerprint density at radius 1 is 1.33 bits per heavy atom. The fraction of sp³-hybridized carbons (Fsp3) is 0.462. The van der Waals surface area contributed by atoms with Crippen molar-refractivity contribution in [3.05, 3.63) is 24.3 Å². The predicted octanol–water partition coefficient (Wildman–Crippen LogP) is 3.10. The maximum atomic E-state index is 12.4. The summed E-state index contributed by atoms with van der Waals surface area (Å²) in [7, 11) is 0. The number of benzene rings is 1. The smallest absolute Gasteiger partial charge is 0.258 e. The zero-order valence-electron chi connectivity index (χ0n) is 10.1. The van der Waals surface area contributed by atoms with Crippen LogP contribution in [0.3, 0.4) is 0 Å². The molecule has 1 aliphatic rings. The third-order valence-electron chi connectivity index (χ3n) is 2.85. The molecule has 5 heteroatoms. The molecule has 1 fully saturated rings. The van der Waals surface area contributed by atoms with Crippen molar-refractivity contribution >= 4 is 17.3 Å². The Labute approximate surface area is 105 Å². The fourth-order valence-corrected chi connectivity index (χ4v) is 1.60. The number of amides is 1. The van der Waals surface area contributed by atoms with Crippen LogP contribution in [0.5, 0.6) is 0 Å². The standard InChI is InChI=1S/C13H16F2N2O/c1-8(12(14)15)16-10-3-2-4-11(7-10)17-13(18)9-5-6-9/h2-4,7-9,12,16H,5-6H2,1H3,(H,17,18). The largest absolute Gasteiger partial charge is 0.377 e. The molecule has 0 radical (unpaired) electrons. The van der Waals surface area contributed by atoms with Gasteiger partial charge in [0.15, 0.2) is 0 Å². The lowest BCUT2D eigenvalue weighted by atomic mass is 10.2. The minimum atomic E-state index is -2.42. The van der Waals surface area contributed by atoms with Crippen LogP contribution in [-0.2, 0) is 4.79 Å². The number of carbonyl (C=O) groups is 1. The van der Waals surface area contributed by atoms with E-state index in [0.717, 1.165) is 12.8 Å². The van der Waals surface area contributed by atoms with Crippen LogP contribution in [0.4, 0.5) is 20.2 Å². The highest BCUT2D eigenvalue weighted by Crippen LogP contribution is 2.30. The summed E-state index contributed by atoms with van der Waals surface area (Å²) in [6.45, 7) is 1.42. The van der Waals surface area contributed by atoms with Gasteiger partial charge in [0.25, 0.3) is 6.43 Å². The Morgan fingerprint density at radius 3 is 2.61 bits per heavy atom. The number of hydrogen-bond donors (Lipinski definition) is 2. The van der Waals surface area contributed by atoms with E-state index in [1.165, 1.54) is 6.92 Å². The highest BCUT2D eigenvalue weighted by molar-refractivity contribution is 5.94. The molecule has 0 aliphatic heterocycles. The third-order valence-corrected chi connectivity index (χ3v) is 2.85. The third kappa shape index (κ3) is 3.42. The molecule has 1 amide bonds. The predicted molar refractivity (Wildman–Crippen MR) is 66.9 cm³/mol. The van der Waals surface area contributed by atoms with Gasteiger partial charge in [-0.05, 0) is 38.0 Å². The van der Waals surface area contributed by atoms with Crippen LogP contribution >= 0.6 is 0 Å². The van der Waals surface area contributed by atoms with Crippen molar-refractivity contribution in [1.82, 2.24) is 0 Å². The molecule has 1 aromatic rings. The van der Waals surface area contributed by atoms with E-state index in [1.54, 1.807) is 24.3 Å². The fourth-order valence-electron chi connectivity index (χ4n) is 1.60. The molecule has 98 valence electrons. The summed E-state index contributed by atoms with van der Waals surface area (Å²) in [4.78, 5) is 11.6. The molecule has 0 aromatic heterocycles. The zero-order valence-corrected chi connectivity index (χ0v) is 10.1. The lowest BCUT2D eigenvalue weighted by Crippen LogP contribution is -2.23. The molecule has 0 spiro atoms. The number of nitrogens with one attached hydrogen (secondary N) is 2. The Kier molecular flexibility index (Phi) is 3.79. The molecule has 0 saturated heterocycles. The Bertz CT molecular complexity index is 433. The quantitative estimate of drug-likeness (QED) is 0.847. The first-order valence-electron chi connectivity index (χ1n) is 6.02. The highest BCUT2D eigenvalue weighted by Gasteiger charge is 2.29. The minimum absolute atomic E-state index is 0.00839. The van der Waals surface area contributed by atoms with Crippen LogP contribution in [0.25, 0.3) is 0 Å². The van der Waals surface area contributed by atoms with Crippen LogP contribution in [0.15, 0.2) is 24.3 Å². The SMILES string of the molecule is CC(Nc1cccc(NC(=O)C2CC2)c1)C(F)F. The first kappa shape index (κ1) is 12.8. The minimum Gasteiger partial charge on any atom is -0.377 e. The molecule has 1 unspecified atom stereocenters. The van der Waals surface area contributed by atoms with Crippen LogP contribution in [0, 0.1) is 5.92 Å². The molecule has 2 rings (SSSR count). The highest BCUT2D eigenvalue weighted by atomic mass is 19.3. The second kappa shape index (κ2) is 5.33. The number of halogens is 2. The van der Waals surface area contributed by atoms with Gasteiger partial charge in [-0.1, -0.05) is 6.07 Å². The summed E-state index contributed by atoms with van der Waals surface area (Å²) in [5, 5.41) is 5.48. The van der Waals surface area contributed by atoms with E-state index in [2.05, 4.69) is 10.6 Å². The zero-order chi connectivity index (χ0) is 13.1. The van der Waals surface area contributed by atoms with E-state index in [9.17, 15) is 13.6 Å². The van der Waals surface area contributed by atoms with Gasteiger partial charge in [-0.25, -0.2) is 8.78 Å². The van der Waals surface area contributed by atoms with Crippen molar-refractivity contribution < 1.29 is 13.6 Å². The number of carbonyl (C=O) groups excluding carboxylic acids is 1. The molecular formula is C13H16F2N2O. The van der Waals surface area contributed by atoms with Gasteiger partial charge in [0.05, 0.1) is 6.04 Å². The molecule has 1 saturated carbocycles. The van der Waals surface area contributed by atoms with E-state index in [1.807, 2.05) is 0 Å². The molecule has 1 aliphatic carbocycles. The van der Waals surface area contributed by atoms with E-state index in [0.29, 0.717) is 11.4 Å². The second-order valence-corrected chi connectivity index (χ2v) is 4.61. The average Bonchev–Trinajstić information content (AvgIpc) is 3.12. The summed E-state index contributed by atoms with van der Waals surface area (Å²) >= 11 is 0. The molecule has 3 nitrogen and oxygen atoms in total. The Hall–Kier alpha value is -1.65. The van der Waals surface area contributed by atoms with E-state index in [4.69, 9.17) is 0 Å². The van der Waals surface area contributed by atoms with E-state index in [-0.39, 0.29) is 11.8 Å². The van der Waals surface area contributed by atoms with Crippen molar-refractivity contribution in [2.24, 2.45) is 5.92 Å². The number of rotatable bonds is 5. The number of alkyl halides is 2. The van der Waals surface area contributed by atoms with Crippen LogP contribution in [-0.4, -0.2) is 18.4 Å². The van der Waals surface area contributed by atoms with E-state index >= 15 is 0 Å². The molecule has 1 aromatic carbocycles. The second-order valence-electron chi connectivity index (χ2n) is 4.61. The van der Waals surface area contributed by atoms with Gasteiger partial charge in [-0.3, -0.25) is 4.79 Å². The van der Waals surface area contributed by atoms with Crippen LogP contribution < -0.4 is 10.6 Å². The van der Waals surface area contributed by atoms with Crippen molar-refractivity contribution in [3.8, 4) is 0 Å². The average molecular weight is 254 g/mol. The van der Waals surface area contributed by atoms with Crippen LogP contribution in [0.1, 0.15) is 19.8 Å². The Balaban J connectivity index is 1.98. The summed E-state index contributed by atoms with van der Waals surface area (Å²) in [5.41, 5.74) is 1.22. The van der Waals surface area contributed by atoms with Gasteiger partial charge in [0.2, 0.25) is 5.91 Å². The topological polar surface area (TPSA) is 41.1 Å². The molecule has 1 atom stereocenters. The molecule has 0 heterocycles. The van der Waals surface area contributed by atoms with Crippen molar-refractivity contribution in [2.45, 2.75) is 32.2 Å². The normalized spacial score (nSPS) is 16.4. The van der Waals surface area contributed by atoms with E-state index < -0.39 is 12.5 Å². The number of hydrogen-bond acceptors (Lipinski definition) is 2. The lowest BCUT2D eigenvalue weighted by Gasteiger charge is -2.15. The molecular weight excluding hydrogens is 238 g/mol. The van der Waals surface area contributed by atoms with Crippen LogP contribution in [0.2, 0.25) is 0 Å². The molecule has 2 N–H and O–H groups in total. The monoisotopic (exact) mass is 254 g/mol. The first-order valence-corrected chi connectivity index (χ1v) is 6.02. The van der Waals surface area contributed by atoms with Gasteiger partial charge >= 0.3 is 0 Å². The summed E-state index contributed by atoms with van der Waals surface area (Å²) < 4.78 is 24.8. The van der Waals surface area contributed by atoms with Crippen molar-refractivity contribution in [1.29, 1.82) is 0 Å². The maximum Gasteiger partial charge on any atom is 0.258 e. The van der Waals surface area contributed by atoms with Gasteiger partial charge < -0.3 is 10.6 Å². The molecule has 0 bridgehead atoms. The van der Waals surface area contributed by atoms with Gasteiger partial charge in [0, 0.05) is 17.3 Å². The Morgan fingerprint density at radius 2 is 2.00 bits per heavy atom. The first-order chi connectivity index (χ1) is 8.56. The van der Waals surface area contributed by atoms with Gasteiger partial charge in [-0.2, -0.15) is 0 Å². The number of anilines is 2. The van der Waals surface area contributed by atoms with Crippen molar-refractivity contribution in [2.75, 3.05) is 10.6 Å². The summed E-state index contributed by atoms with van der Waals surface area (Å²) in [6.07, 6.45) is -0.548.